The molecule has 1 atom stereocenters. The molecule has 2 aromatic heterocycles. The van der Waals surface area contributed by atoms with Gasteiger partial charge in [-0.25, -0.2) is 9.97 Å². The van der Waals surface area contributed by atoms with Crippen LogP contribution in [0.25, 0.3) is 11.0 Å². The first kappa shape index (κ1) is 12.4. The van der Waals surface area contributed by atoms with Crippen LogP contribution in [-0.4, -0.2) is 37.5 Å². The first-order valence-corrected chi connectivity index (χ1v) is 7.21. The molecule has 3 rings (SSSR count). The van der Waals surface area contributed by atoms with Gasteiger partial charge in [0.05, 0.1) is 16.8 Å². The lowest BCUT2D eigenvalue weighted by Gasteiger charge is -2.12. The summed E-state index contributed by atoms with van der Waals surface area (Å²) in [5, 5.41) is 8.81. The van der Waals surface area contributed by atoms with Gasteiger partial charge in [-0.05, 0) is 12.8 Å². The summed E-state index contributed by atoms with van der Waals surface area (Å²) >= 11 is 1.51. The topological polar surface area (TPSA) is 72.7 Å². The van der Waals surface area contributed by atoms with Crippen LogP contribution in [0.4, 0.5) is 0 Å². The van der Waals surface area contributed by atoms with Crippen molar-refractivity contribution in [2.75, 3.05) is 6.54 Å². The van der Waals surface area contributed by atoms with Crippen molar-refractivity contribution in [3.63, 3.8) is 0 Å². The number of rotatable bonds is 2. The monoisotopic (exact) mass is 277 g/mol. The third-order valence-corrected chi connectivity index (χ3v) is 4.51. The van der Waals surface area contributed by atoms with Gasteiger partial charge in [-0.1, -0.05) is 18.2 Å². The first-order valence-electron chi connectivity index (χ1n) is 6.33. The Kier molecular flexibility index (Phi) is 3.37. The highest BCUT2D eigenvalue weighted by Gasteiger charge is 2.23. The molecule has 0 aromatic carbocycles. The van der Waals surface area contributed by atoms with E-state index >= 15 is 0 Å². The van der Waals surface area contributed by atoms with Gasteiger partial charge in [0.1, 0.15) is 11.4 Å². The third-order valence-electron chi connectivity index (χ3n) is 3.23. The zero-order valence-corrected chi connectivity index (χ0v) is 11.5. The summed E-state index contributed by atoms with van der Waals surface area (Å²) in [4.78, 5) is 20.5. The SMILES string of the molecule is Cn1ncc2c(SC3CCCCNC3=O)ncnc21. The summed E-state index contributed by atoms with van der Waals surface area (Å²) in [5.41, 5.74) is 0.798. The molecule has 1 aliphatic heterocycles. The van der Waals surface area contributed by atoms with Crippen LogP contribution in [0.1, 0.15) is 19.3 Å². The van der Waals surface area contributed by atoms with Crippen molar-refractivity contribution < 1.29 is 4.79 Å². The van der Waals surface area contributed by atoms with Crippen LogP contribution in [0.5, 0.6) is 0 Å². The standard InChI is InChI=1S/C12H15N5OS/c1-17-10-8(6-16-17)12(15-7-14-10)19-9-4-2-3-5-13-11(9)18/h6-7,9H,2-5H2,1H3,(H,13,18). The number of aromatic nitrogens is 4. The van der Waals surface area contributed by atoms with Crippen LogP contribution >= 0.6 is 11.8 Å². The molecule has 1 fully saturated rings. The molecule has 2 aromatic rings. The molecule has 19 heavy (non-hydrogen) atoms. The Morgan fingerprint density at radius 1 is 1.42 bits per heavy atom. The molecule has 1 saturated heterocycles. The molecule has 1 unspecified atom stereocenters. The molecule has 1 amide bonds. The lowest BCUT2D eigenvalue weighted by atomic mass is 10.2. The van der Waals surface area contributed by atoms with Crippen LogP contribution in [0.15, 0.2) is 17.6 Å². The number of amides is 1. The quantitative estimate of drug-likeness (QED) is 0.833. The fourth-order valence-corrected chi connectivity index (χ4v) is 3.32. The number of thioether (sulfide) groups is 1. The second kappa shape index (κ2) is 5.16. The molecular formula is C12H15N5OS. The normalized spacial score (nSPS) is 20.3. The minimum atomic E-state index is -0.0687. The molecule has 1 aliphatic rings. The van der Waals surface area contributed by atoms with E-state index in [-0.39, 0.29) is 11.2 Å². The van der Waals surface area contributed by atoms with Crippen LogP contribution in [0.3, 0.4) is 0 Å². The van der Waals surface area contributed by atoms with Crippen molar-refractivity contribution in [2.45, 2.75) is 29.5 Å². The smallest absolute Gasteiger partial charge is 0.233 e. The Hall–Kier alpha value is -1.63. The highest BCUT2D eigenvalue weighted by Crippen LogP contribution is 2.30. The van der Waals surface area contributed by atoms with E-state index in [0.717, 1.165) is 41.9 Å². The van der Waals surface area contributed by atoms with E-state index in [9.17, 15) is 4.79 Å². The van der Waals surface area contributed by atoms with Gasteiger partial charge in [0.15, 0.2) is 5.65 Å². The molecule has 7 heteroatoms. The van der Waals surface area contributed by atoms with E-state index in [1.54, 1.807) is 10.9 Å². The van der Waals surface area contributed by atoms with Crippen LogP contribution in [0.2, 0.25) is 0 Å². The van der Waals surface area contributed by atoms with Gasteiger partial charge in [0, 0.05) is 13.6 Å². The van der Waals surface area contributed by atoms with Gasteiger partial charge in [-0.2, -0.15) is 5.10 Å². The summed E-state index contributed by atoms with van der Waals surface area (Å²) in [7, 11) is 1.85. The van der Waals surface area contributed by atoms with Gasteiger partial charge < -0.3 is 5.32 Å². The Morgan fingerprint density at radius 2 is 2.32 bits per heavy atom. The zero-order valence-electron chi connectivity index (χ0n) is 10.7. The Bertz CT molecular complexity index is 611. The van der Waals surface area contributed by atoms with E-state index in [1.807, 2.05) is 7.05 Å². The largest absolute Gasteiger partial charge is 0.355 e. The molecule has 0 saturated carbocycles. The minimum Gasteiger partial charge on any atom is -0.355 e. The Morgan fingerprint density at radius 3 is 3.21 bits per heavy atom. The number of carbonyl (C=O) groups is 1. The molecule has 0 radical (unpaired) electrons. The highest BCUT2D eigenvalue weighted by molar-refractivity contribution is 8.00. The number of hydrogen-bond donors (Lipinski definition) is 1. The van der Waals surface area contributed by atoms with E-state index in [0.29, 0.717) is 0 Å². The Balaban J connectivity index is 1.90. The fraction of sp³-hybridized carbons (Fsp3) is 0.500. The first-order chi connectivity index (χ1) is 9.25. The summed E-state index contributed by atoms with van der Waals surface area (Å²) in [6, 6.07) is 0. The van der Waals surface area contributed by atoms with Crippen molar-refractivity contribution >= 4 is 28.7 Å². The van der Waals surface area contributed by atoms with Crippen molar-refractivity contribution in [3.8, 4) is 0 Å². The molecule has 0 aliphatic carbocycles. The second-order valence-electron chi connectivity index (χ2n) is 4.58. The molecule has 0 bridgehead atoms. The predicted molar refractivity (Wildman–Crippen MR) is 72.8 cm³/mol. The van der Waals surface area contributed by atoms with Gasteiger partial charge in [-0.15, -0.1) is 0 Å². The van der Waals surface area contributed by atoms with Crippen LogP contribution in [0, 0.1) is 0 Å². The molecule has 0 spiro atoms. The lowest BCUT2D eigenvalue weighted by molar-refractivity contribution is -0.120. The zero-order chi connectivity index (χ0) is 13.2. The third kappa shape index (κ3) is 2.42. The second-order valence-corrected chi connectivity index (χ2v) is 5.77. The maximum absolute atomic E-state index is 12.0. The maximum atomic E-state index is 12.0. The number of hydrogen-bond acceptors (Lipinski definition) is 5. The van der Waals surface area contributed by atoms with Gasteiger partial charge in [0.25, 0.3) is 0 Å². The fourth-order valence-electron chi connectivity index (χ4n) is 2.19. The van der Waals surface area contributed by atoms with Crippen molar-refractivity contribution in [2.24, 2.45) is 7.05 Å². The average molecular weight is 277 g/mol. The Labute approximate surface area is 115 Å². The summed E-state index contributed by atoms with van der Waals surface area (Å²) < 4.78 is 1.72. The number of carbonyl (C=O) groups excluding carboxylic acids is 1. The van der Waals surface area contributed by atoms with Crippen molar-refractivity contribution in [3.05, 3.63) is 12.5 Å². The van der Waals surface area contributed by atoms with Gasteiger partial charge >= 0.3 is 0 Å². The molecule has 1 N–H and O–H groups in total. The molecule has 3 heterocycles. The van der Waals surface area contributed by atoms with Gasteiger partial charge in [0.2, 0.25) is 5.91 Å². The van der Waals surface area contributed by atoms with E-state index in [1.165, 1.54) is 18.1 Å². The molecule has 6 nitrogen and oxygen atoms in total. The van der Waals surface area contributed by atoms with E-state index < -0.39 is 0 Å². The highest BCUT2D eigenvalue weighted by atomic mass is 32.2. The minimum absolute atomic E-state index is 0.0687. The van der Waals surface area contributed by atoms with E-state index in [2.05, 4.69) is 20.4 Å². The number of nitrogens with zero attached hydrogens (tertiary/aromatic N) is 4. The average Bonchev–Trinajstić information content (AvgIpc) is 2.67. The predicted octanol–water partition coefficient (Wildman–Crippen LogP) is 1.12. The summed E-state index contributed by atoms with van der Waals surface area (Å²) in [6.07, 6.45) is 6.29. The molecular weight excluding hydrogens is 262 g/mol. The van der Waals surface area contributed by atoms with Crippen molar-refractivity contribution in [1.29, 1.82) is 0 Å². The summed E-state index contributed by atoms with van der Waals surface area (Å²) in [5.74, 6) is 0.109. The number of aryl methyl sites for hydroxylation is 1. The van der Waals surface area contributed by atoms with E-state index in [4.69, 9.17) is 0 Å². The van der Waals surface area contributed by atoms with Gasteiger partial charge in [-0.3, -0.25) is 9.48 Å². The number of fused-ring (bicyclic) bond motifs is 1. The lowest BCUT2D eigenvalue weighted by Crippen LogP contribution is -2.30. The van der Waals surface area contributed by atoms with Crippen LogP contribution in [-0.2, 0) is 11.8 Å². The maximum Gasteiger partial charge on any atom is 0.233 e. The van der Waals surface area contributed by atoms with Crippen LogP contribution < -0.4 is 5.32 Å². The summed E-state index contributed by atoms with van der Waals surface area (Å²) in [6.45, 7) is 0.780. The molecule has 100 valence electrons. The number of nitrogens with one attached hydrogen (secondary N) is 1. The van der Waals surface area contributed by atoms with Crippen molar-refractivity contribution in [1.82, 2.24) is 25.1 Å².